The maximum absolute atomic E-state index is 14.2. The first-order valence-electron chi connectivity index (χ1n) is 21.0. The Morgan fingerprint density at radius 1 is 0.883 bits per heavy atom. The summed E-state index contributed by atoms with van der Waals surface area (Å²) in [5.41, 5.74) is 6.94. The average molecular weight is 834 g/mol. The lowest BCUT2D eigenvalue weighted by Crippen LogP contribution is -2.53. The molecule has 0 spiro atoms. The molecule has 7 rings (SSSR count). The third-order valence-electron chi connectivity index (χ3n) is 12.1. The summed E-state index contributed by atoms with van der Waals surface area (Å²) >= 11 is 0. The summed E-state index contributed by atoms with van der Waals surface area (Å²) < 4.78 is 9.68. The number of ether oxygens (including phenoxy) is 2. The highest BCUT2D eigenvalue weighted by Gasteiger charge is 2.46. The second-order valence-electron chi connectivity index (χ2n) is 18.9. The number of carbonyl (C=O) groups excluding carboxylic acids is 4. The lowest BCUT2D eigenvalue weighted by atomic mass is 9.87. The van der Waals surface area contributed by atoms with Crippen LogP contribution < -0.4 is 10.6 Å². The summed E-state index contributed by atoms with van der Waals surface area (Å²) in [6, 6.07) is 18.3. The summed E-state index contributed by atoms with van der Waals surface area (Å²) in [7, 11) is 0.825. The van der Waals surface area contributed by atoms with E-state index in [9.17, 15) is 19.2 Å². The van der Waals surface area contributed by atoms with Crippen LogP contribution in [-0.4, -0.2) is 103 Å². The van der Waals surface area contributed by atoms with Crippen molar-refractivity contribution in [2.24, 2.45) is 16.3 Å². The molecule has 13 nitrogen and oxygen atoms in total. The Balaban J connectivity index is 1.06. The highest BCUT2D eigenvalue weighted by atomic mass is 28.3. The molecular weight excluding hydrogens is 775 g/mol. The van der Waals surface area contributed by atoms with Crippen LogP contribution in [0.15, 0.2) is 65.8 Å². The van der Waals surface area contributed by atoms with Gasteiger partial charge in [-0.25, -0.2) is 14.6 Å². The Morgan fingerprint density at radius 2 is 1.57 bits per heavy atom. The Kier molecular flexibility index (Phi) is 12.0. The summed E-state index contributed by atoms with van der Waals surface area (Å²) in [5.74, 6) is 0.480. The zero-order chi connectivity index (χ0) is 43.1. The number of amides is 4. The number of hydrogen-bond acceptors (Lipinski definition) is 8. The Labute approximate surface area is 353 Å². The summed E-state index contributed by atoms with van der Waals surface area (Å²) in [4.78, 5) is 69.5. The number of rotatable bonds is 10. The van der Waals surface area contributed by atoms with E-state index >= 15 is 0 Å². The number of aromatic nitrogens is 2. The highest BCUT2D eigenvalue weighted by molar-refractivity contribution is 6.78. The van der Waals surface area contributed by atoms with E-state index in [2.05, 4.69) is 104 Å². The number of aromatic amines is 1. The van der Waals surface area contributed by atoms with E-state index in [0.29, 0.717) is 25.6 Å². The lowest BCUT2D eigenvalue weighted by Gasteiger charge is -2.31. The van der Waals surface area contributed by atoms with Crippen molar-refractivity contribution in [3.63, 3.8) is 0 Å². The number of H-pyrrole nitrogens is 1. The number of alkyl carbamates (subject to hydrolysis) is 2. The van der Waals surface area contributed by atoms with E-state index in [1.54, 1.807) is 0 Å². The lowest BCUT2D eigenvalue weighted by molar-refractivity contribution is -0.135. The topological polar surface area (TPSA) is 158 Å². The Bertz CT molecular complexity index is 2360. The second kappa shape index (κ2) is 16.9. The fourth-order valence-corrected chi connectivity index (χ4v) is 12.0. The SMILES string of the molecule is COC(=O)N[C@@H](CC(C)(C)C)C(=O)N1C[Si](C)(C)C[C@H]1c1nc2c(ccc3cc(-c4ccc(C5=CN=C([C@@H]6CCCN6C(=O)[C@@H](NC(=O)OC)C(C)C)C5)cc4)ccc32)[nH]1. The number of likely N-dealkylation sites (tertiary alicyclic amines) is 1. The molecule has 4 atom stereocenters. The molecule has 3 aliphatic heterocycles. The minimum Gasteiger partial charge on any atom is -0.453 e. The van der Waals surface area contributed by atoms with Crippen LogP contribution in [0.2, 0.25) is 19.1 Å². The van der Waals surface area contributed by atoms with Crippen LogP contribution in [0.5, 0.6) is 0 Å². The molecule has 1 aromatic heterocycles. The first kappa shape index (κ1) is 42.6. The molecule has 4 aromatic rings. The number of methoxy groups -OCH3 is 2. The molecule has 318 valence electrons. The molecule has 4 amide bonds. The maximum Gasteiger partial charge on any atom is 0.407 e. The van der Waals surface area contributed by atoms with E-state index < -0.39 is 32.3 Å². The zero-order valence-electron chi connectivity index (χ0n) is 36.3. The number of aliphatic imine (C=N–C) groups is 1. The summed E-state index contributed by atoms with van der Waals surface area (Å²) in [6.45, 7) is 15.3. The van der Waals surface area contributed by atoms with Crippen molar-refractivity contribution >= 4 is 65.2 Å². The molecule has 0 unspecified atom stereocenters. The van der Waals surface area contributed by atoms with Crippen LogP contribution in [-0.2, 0) is 19.1 Å². The van der Waals surface area contributed by atoms with Gasteiger partial charge >= 0.3 is 12.2 Å². The van der Waals surface area contributed by atoms with Crippen LogP contribution in [0.1, 0.15) is 77.7 Å². The standard InChI is InChI=1S/C46H59N7O6Si/c1-27(2)39(51-45(57)59-7)43(55)52-20-10-11-37(52)35-22-32(24-47-35)29-14-12-28(13-15-29)30-16-18-33-31(21-30)17-19-34-40(33)50-41(48-34)38-25-60(8,9)26-53(38)42(54)36(23-46(3,4)5)49-44(56)58-6/h12-19,21,24,27,36-39H,10-11,20,22-23,25-26H2,1-9H3,(H,48,50)(H,49,56)(H,51,57)/t36-,37-,38-,39-/m0/s1. The van der Waals surface area contributed by atoms with Gasteiger partial charge in [0.15, 0.2) is 0 Å². The molecule has 3 aliphatic rings. The molecule has 0 radical (unpaired) electrons. The smallest absolute Gasteiger partial charge is 0.407 e. The van der Waals surface area contributed by atoms with Gasteiger partial charge < -0.3 is 34.9 Å². The number of allylic oxidation sites excluding steroid dienone is 1. The van der Waals surface area contributed by atoms with Crippen LogP contribution in [0.3, 0.4) is 0 Å². The van der Waals surface area contributed by atoms with Crippen LogP contribution in [0.25, 0.3) is 38.5 Å². The van der Waals surface area contributed by atoms with Gasteiger partial charge in [0.25, 0.3) is 0 Å². The molecule has 4 heterocycles. The van der Waals surface area contributed by atoms with E-state index in [4.69, 9.17) is 19.5 Å². The number of carbonyl (C=O) groups is 4. The fraction of sp³-hybridized carbons (Fsp3) is 0.478. The fourth-order valence-electron chi connectivity index (χ4n) is 9.08. The number of benzene rings is 3. The van der Waals surface area contributed by atoms with Gasteiger partial charge in [-0.15, -0.1) is 0 Å². The van der Waals surface area contributed by atoms with Gasteiger partial charge in [-0.2, -0.15) is 0 Å². The minimum atomic E-state index is -1.79. The number of imidazole rings is 1. The van der Waals surface area contributed by atoms with Crippen molar-refractivity contribution in [1.82, 2.24) is 30.4 Å². The van der Waals surface area contributed by atoms with Crippen LogP contribution >= 0.6 is 0 Å². The van der Waals surface area contributed by atoms with Crippen molar-refractivity contribution in [1.29, 1.82) is 0 Å². The third kappa shape index (κ3) is 8.98. The van der Waals surface area contributed by atoms with Crippen molar-refractivity contribution < 1.29 is 28.7 Å². The van der Waals surface area contributed by atoms with Crippen LogP contribution in [0, 0.1) is 11.3 Å². The van der Waals surface area contributed by atoms with Crippen molar-refractivity contribution in [3.8, 4) is 11.1 Å². The van der Waals surface area contributed by atoms with Crippen molar-refractivity contribution in [2.45, 2.75) is 104 Å². The van der Waals surface area contributed by atoms with Gasteiger partial charge in [0.05, 0.1) is 45.4 Å². The third-order valence-corrected chi connectivity index (χ3v) is 14.7. The van der Waals surface area contributed by atoms with E-state index in [0.717, 1.165) is 74.5 Å². The number of hydrogen-bond donors (Lipinski definition) is 3. The second-order valence-corrected chi connectivity index (χ2v) is 24.0. The van der Waals surface area contributed by atoms with Gasteiger partial charge in [-0.1, -0.05) is 90.2 Å². The van der Waals surface area contributed by atoms with Gasteiger partial charge in [0.2, 0.25) is 11.8 Å². The molecule has 60 heavy (non-hydrogen) atoms. The molecule has 0 saturated carbocycles. The minimum absolute atomic E-state index is 0.0881. The van der Waals surface area contributed by atoms with E-state index in [-0.39, 0.29) is 35.2 Å². The normalized spacial score (nSPS) is 20.0. The first-order chi connectivity index (χ1) is 28.4. The van der Waals surface area contributed by atoms with E-state index in [1.165, 1.54) is 14.2 Å². The van der Waals surface area contributed by atoms with E-state index in [1.807, 2.05) is 29.8 Å². The first-order valence-corrected chi connectivity index (χ1v) is 24.5. The Hall–Kier alpha value is -5.50. The van der Waals surface area contributed by atoms with Gasteiger partial charge in [0, 0.05) is 36.4 Å². The number of nitrogens with zero attached hydrogens (tertiary/aromatic N) is 4. The van der Waals surface area contributed by atoms with Gasteiger partial charge in [-0.3, -0.25) is 14.6 Å². The molecular formula is C46H59N7O6Si. The number of fused-ring (bicyclic) bond motifs is 3. The monoisotopic (exact) mass is 833 g/mol. The molecule has 2 saturated heterocycles. The average Bonchev–Trinajstić information content (AvgIpc) is 4.03. The van der Waals surface area contributed by atoms with Crippen molar-refractivity contribution in [2.75, 3.05) is 26.9 Å². The molecule has 3 N–H and O–H groups in total. The maximum atomic E-state index is 14.2. The quantitative estimate of drug-likeness (QED) is 0.136. The number of nitrogens with one attached hydrogen (secondary N) is 3. The molecule has 3 aromatic carbocycles. The summed E-state index contributed by atoms with van der Waals surface area (Å²) in [5, 5.41) is 7.63. The van der Waals surface area contributed by atoms with Crippen molar-refractivity contribution in [3.05, 3.63) is 72.2 Å². The predicted molar refractivity (Wildman–Crippen MR) is 238 cm³/mol. The molecule has 2 fully saturated rings. The Morgan fingerprint density at radius 3 is 2.25 bits per heavy atom. The van der Waals surface area contributed by atoms with Gasteiger partial charge in [-0.05, 0) is 76.4 Å². The van der Waals surface area contributed by atoms with Crippen LogP contribution in [0.4, 0.5) is 9.59 Å². The molecule has 0 aliphatic carbocycles. The molecule has 0 bridgehead atoms. The molecule has 14 heteroatoms. The predicted octanol–water partition coefficient (Wildman–Crippen LogP) is 8.23. The highest BCUT2D eigenvalue weighted by Crippen LogP contribution is 2.40. The zero-order valence-corrected chi connectivity index (χ0v) is 37.3. The summed E-state index contributed by atoms with van der Waals surface area (Å²) in [6.07, 6.45) is 4.26. The van der Waals surface area contributed by atoms with Gasteiger partial charge in [0.1, 0.15) is 17.9 Å². The largest absolute Gasteiger partial charge is 0.453 e.